The zero-order valence-corrected chi connectivity index (χ0v) is 20.5. The van der Waals surface area contributed by atoms with Crippen LogP contribution in [0.25, 0.3) is 11.6 Å². The first-order valence-electron chi connectivity index (χ1n) is 9.79. The Bertz CT molecular complexity index is 954. The molecule has 0 saturated heterocycles. The van der Waals surface area contributed by atoms with Gasteiger partial charge >= 0.3 is 0 Å². The number of aromatic nitrogens is 3. The first-order chi connectivity index (χ1) is 14.7. The van der Waals surface area contributed by atoms with Crippen LogP contribution in [0.1, 0.15) is 19.2 Å². The summed E-state index contributed by atoms with van der Waals surface area (Å²) in [6, 6.07) is 13.0. The van der Waals surface area contributed by atoms with E-state index < -0.39 is 0 Å². The smallest absolute Gasteiger partial charge is 0.276 e. The fraction of sp³-hybridized carbons (Fsp3) is 0.333. The number of pyridine rings is 1. The zero-order valence-electron chi connectivity index (χ0n) is 17.4. The average Bonchev–Trinajstić information content (AvgIpc) is 3.26. The summed E-state index contributed by atoms with van der Waals surface area (Å²) in [7, 11) is 1.72. The number of hydrogen-bond donors (Lipinski definition) is 2. The SMILES string of the molecule is CCC(CNC(=NC)NCCc1noc(-c2ccccn2)n1)Oc1ccccc1Cl.I. The predicted octanol–water partition coefficient (Wildman–Crippen LogP) is 3.97. The van der Waals surface area contributed by atoms with Gasteiger partial charge in [-0.05, 0) is 30.7 Å². The first kappa shape index (κ1) is 24.9. The summed E-state index contributed by atoms with van der Waals surface area (Å²) >= 11 is 6.18. The van der Waals surface area contributed by atoms with E-state index in [0.717, 1.165) is 6.42 Å². The molecule has 0 spiro atoms. The van der Waals surface area contributed by atoms with Crippen molar-refractivity contribution in [2.75, 3.05) is 20.1 Å². The summed E-state index contributed by atoms with van der Waals surface area (Å²) in [6.45, 7) is 3.26. The standard InChI is InChI=1S/C21H25ClN6O2.HI/c1-3-15(29-18-10-5-4-8-16(18)22)14-26-21(23-2)25-13-11-19-27-20(30-28-19)17-9-6-7-12-24-17;/h4-10,12,15H,3,11,13-14H2,1-2H3,(H2,23,25,26);1H. The highest BCUT2D eigenvalue weighted by Crippen LogP contribution is 2.24. The van der Waals surface area contributed by atoms with Crippen molar-refractivity contribution in [3.63, 3.8) is 0 Å². The lowest BCUT2D eigenvalue weighted by atomic mass is 10.2. The Labute approximate surface area is 203 Å². The molecule has 2 aromatic heterocycles. The number of rotatable bonds is 9. The maximum atomic E-state index is 6.18. The third-order valence-corrected chi connectivity index (χ3v) is 4.61. The van der Waals surface area contributed by atoms with Gasteiger partial charge in [0.2, 0.25) is 0 Å². The van der Waals surface area contributed by atoms with E-state index in [4.69, 9.17) is 20.9 Å². The maximum absolute atomic E-state index is 6.18. The van der Waals surface area contributed by atoms with Crippen molar-refractivity contribution in [3.8, 4) is 17.3 Å². The number of nitrogens with zero attached hydrogens (tertiary/aromatic N) is 4. The van der Waals surface area contributed by atoms with Crippen molar-refractivity contribution in [3.05, 3.63) is 59.5 Å². The lowest BCUT2D eigenvalue weighted by molar-refractivity contribution is 0.199. The summed E-state index contributed by atoms with van der Waals surface area (Å²) in [6.07, 6.45) is 3.07. The Balaban J connectivity index is 0.00000341. The summed E-state index contributed by atoms with van der Waals surface area (Å²) in [5, 5.41) is 11.1. The summed E-state index contributed by atoms with van der Waals surface area (Å²) in [4.78, 5) is 12.8. The van der Waals surface area contributed by atoms with Crippen LogP contribution in [0.4, 0.5) is 0 Å². The van der Waals surface area contributed by atoms with E-state index >= 15 is 0 Å². The van der Waals surface area contributed by atoms with E-state index in [2.05, 4.69) is 37.7 Å². The molecule has 1 unspecified atom stereocenters. The van der Waals surface area contributed by atoms with Gasteiger partial charge < -0.3 is 19.9 Å². The number of aliphatic imine (C=N–C) groups is 1. The number of ether oxygens (including phenoxy) is 1. The number of hydrogen-bond acceptors (Lipinski definition) is 6. The molecule has 0 radical (unpaired) electrons. The minimum absolute atomic E-state index is 0. The number of halogens is 2. The van der Waals surface area contributed by atoms with Crippen molar-refractivity contribution in [2.24, 2.45) is 4.99 Å². The van der Waals surface area contributed by atoms with Gasteiger partial charge in [0.1, 0.15) is 17.5 Å². The fourth-order valence-corrected chi connectivity index (χ4v) is 2.84. The molecule has 0 bridgehead atoms. The molecule has 3 rings (SSSR count). The van der Waals surface area contributed by atoms with Gasteiger partial charge in [-0.25, -0.2) is 0 Å². The molecule has 1 atom stereocenters. The third-order valence-electron chi connectivity index (χ3n) is 4.30. The molecule has 10 heteroatoms. The second-order valence-corrected chi connectivity index (χ2v) is 6.85. The highest BCUT2D eigenvalue weighted by atomic mass is 127. The second-order valence-electron chi connectivity index (χ2n) is 6.44. The van der Waals surface area contributed by atoms with Crippen LogP contribution in [0.2, 0.25) is 5.02 Å². The van der Waals surface area contributed by atoms with Crippen molar-refractivity contribution in [1.29, 1.82) is 0 Å². The molecular weight excluding hydrogens is 531 g/mol. The molecule has 2 N–H and O–H groups in total. The van der Waals surface area contributed by atoms with E-state index in [1.165, 1.54) is 0 Å². The average molecular weight is 557 g/mol. The third kappa shape index (κ3) is 7.66. The van der Waals surface area contributed by atoms with Crippen LogP contribution in [0.15, 0.2) is 58.2 Å². The van der Waals surface area contributed by atoms with Crippen LogP contribution in [0, 0.1) is 0 Å². The van der Waals surface area contributed by atoms with Crippen LogP contribution in [0.5, 0.6) is 5.75 Å². The molecule has 0 saturated carbocycles. The molecule has 166 valence electrons. The maximum Gasteiger partial charge on any atom is 0.276 e. The Hall–Kier alpha value is -2.40. The largest absolute Gasteiger partial charge is 0.487 e. The van der Waals surface area contributed by atoms with Crippen molar-refractivity contribution in [2.45, 2.75) is 25.9 Å². The molecule has 0 aliphatic carbocycles. The molecule has 1 aromatic carbocycles. The number of benzene rings is 1. The Morgan fingerprint density at radius 2 is 2.00 bits per heavy atom. The molecule has 3 aromatic rings. The van der Waals surface area contributed by atoms with Gasteiger partial charge in [-0.3, -0.25) is 9.98 Å². The van der Waals surface area contributed by atoms with Gasteiger partial charge in [-0.2, -0.15) is 4.98 Å². The minimum Gasteiger partial charge on any atom is -0.487 e. The summed E-state index contributed by atoms with van der Waals surface area (Å²) in [5.41, 5.74) is 0.658. The number of nitrogens with one attached hydrogen (secondary N) is 2. The van der Waals surface area contributed by atoms with E-state index in [0.29, 0.717) is 53.7 Å². The highest BCUT2D eigenvalue weighted by Gasteiger charge is 2.12. The van der Waals surface area contributed by atoms with Crippen LogP contribution < -0.4 is 15.4 Å². The quantitative estimate of drug-likeness (QED) is 0.234. The van der Waals surface area contributed by atoms with Gasteiger partial charge in [-0.1, -0.05) is 41.9 Å². The molecule has 0 aliphatic rings. The predicted molar refractivity (Wildman–Crippen MR) is 132 cm³/mol. The molecule has 31 heavy (non-hydrogen) atoms. The van der Waals surface area contributed by atoms with E-state index in [1.807, 2.05) is 42.5 Å². The lowest BCUT2D eigenvalue weighted by Gasteiger charge is -2.20. The van der Waals surface area contributed by atoms with Crippen molar-refractivity contribution >= 4 is 41.5 Å². The van der Waals surface area contributed by atoms with Gasteiger partial charge in [0.05, 0.1) is 11.6 Å². The Kier molecular flexibility index (Phi) is 10.5. The molecule has 0 aliphatic heterocycles. The molecule has 0 fully saturated rings. The van der Waals surface area contributed by atoms with Crippen LogP contribution in [-0.2, 0) is 6.42 Å². The van der Waals surface area contributed by atoms with Crippen LogP contribution in [-0.4, -0.2) is 47.3 Å². The van der Waals surface area contributed by atoms with E-state index in [1.54, 1.807) is 13.2 Å². The summed E-state index contributed by atoms with van der Waals surface area (Å²) in [5.74, 6) is 2.36. The number of guanidine groups is 1. The lowest BCUT2D eigenvalue weighted by Crippen LogP contribution is -2.43. The van der Waals surface area contributed by atoms with Crippen LogP contribution in [0.3, 0.4) is 0 Å². The zero-order chi connectivity index (χ0) is 21.2. The molecule has 0 amide bonds. The Morgan fingerprint density at radius 1 is 1.19 bits per heavy atom. The van der Waals surface area contributed by atoms with Gasteiger partial charge in [0.25, 0.3) is 5.89 Å². The highest BCUT2D eigenvalue weighted by molar-refractivity contribution is 14.0. The summed E-state index contributed by atoms with van der Waals surface area (Å²) < 4.78 is 11.3. The van der Waals surface area contributed by atoms with Crippen LogP contribution >= 0.6 is 35.6 Å². The first-order valence-corrected chi connectivity index (χ1v) is 10.2. The molecular formula is C21H26ClIN6O2. The van der Waals surface area contributed by atoms with Crippen molar-refractivity contribution < 1.29 is 9.26 Å². The van der Waals surface area contributed by atoms with E-state index in [-0.39, 0.29) is 30.1 Å². The fourth-order valence-electron chi connectivity index (χ4n) is 2.66. The van der Waals surface area contributed by atoms with E-state index in [9.17, 15) is 0 Å². The van der Waals surface area contributed by atoms with Gasteiger partial charge in [0.15, 0.2) is 11.8 Å². The second kappa shape index (κ2) is 13.1. The van der Waals surface area contributed by atoms with Crippen molar-refractivity contribution in [1.82, 2.24) is 25.8 Å². The Morgan fingerprint density at radius 3 is 2.71 bits per heavy atom. The molecule has 8 nitrogen and oxygen atoms in total. The minimum atomic E-state index is -0.0402. The van der Waals surface area contributed by atoms with Gasteiger partial charge in [0, 0.05) is 26.2 Å². The van der Waals surface area contributed by atoms with Gasteiger partial charge in [-0.15, -0.1) is 24.0 Å². The monoisotopic (exact) mass is 556 g/mol. The number of para-hydroxylation sites is 1. The molecule has 2 heterocycles. The normalized spacial score (nSPS) is 12.0. The topological polar surface area (TPSA) is 97.5 Å².